The largest absolute Gasteiger partial charge is 0.478 e. The lowest BCUT2D eigenvalue weighted by Crippen LogP contribution is -2.16. The van der Waals surface area contributed by atoms with Gasteiger partial charge in [0.05, 0.1) is 5.69 Å². The number of nitrogens with zero attached hydrogens (tertiary/aromatic N) is 1. The van der Waals surface area contributed by atoms with Gasteiger partial charge in [-0.25, -0.2) is 4.79 Å². The summed E-state index contributed by atoms with van der Waals surface area (Å²) in [5.41, 5.74) is 1.45. The van der Waals surface area contributed by atoms with Crippen LogP contribution in [0.5, 0.6) is 0 Å². The number of hydrogen-bond acceptors (Lipinski definition) is 4. The highest BCUT2D eigenvalue weighted by molar-refractivity contribution is 5.98. The Morgan fingerprint density at radius 1 is 1.33 bits per heavy atom. The molecule has 0 spiro atoms. The first kappa shape index (κ1) is 14.5. The summed E-state index contributed by atoms with van der Waals surface area (Å²) in [4.78, 5) is 26.9. The normalized spacial score (nSPS) is 10.8. The Balaban J connectivity index is 2.36. The summed E-state index contributed by atoms with van der Waals surface area (Å²) in [7, 11) is 1.44. The van der Waals surface area contributed by atoms with E-state index in [1.165, 1.54) is 19.2 Å². The van der Waals surface area contributed by atoms with Gasteiger partial charge in [-0.1, -0.05) is 6.07 Å². The minimum Gasteiger partial charge on any atom is -0.478 e. The molecule has 0 bridgehead atoms. The number of aryl methyl sites for hydroxylation is 1. The standard InChI is InChI=1S/C15H14N2O4/c1-9-4-3-5-10(17-9)6-7-12-11(15(19)20)8-13(21-12)14(18)16-2/h3-8H,1-2H3,(H,16,18)(H,19,20). The van der Waals surface area contributed by atoms with Crippen molar-refractivity contribution in [1.29, 1.82) is 0 Å². The quantitative estimate of drug-likeness (QED) is 0.899. The second-order valence-corrected chi connectivity index (χ2v) is 4.31. The highest BCUT2D eigenvalue weighted by atomic mass is 16.4. The molecule has 0 radical (unpaired) electrons. The monoisotopic (exact) mass is 286 g/mol. The van der Waals surface area contributed by atoms with Gasteiger partial charge in [0, 0.05) is 18.8 Å². The van der Waals surface area contributed by atoms with Gasteiger partial charge in [0.15, 0.2) is 5.76 Å². The van der Waals surface area contributed by atoms with Gasteiger partial charge in [0.25, 0.3) is 5.91 Å². The van der Waals surface area contributed by atoms with E-state index >= 15 is 0 Å². The number of nitrogens with one attached hydrogen (secondary N) is 1. The fraction of sp³-hybridized carbons (Fsp3) is 0.133. The molecule has 1 amide bonds. The number of aromatic carboxylic acids is 1. The van der Waals surface area contributed by atoms with Gasteiger partial charge in [0.2, 0.25) is 0 Å². The second kappa shape index (κ2) is 6.04. The van der Waals surface area contributed by atoms with Crippen LogP contribution < -0.4 is 5.32 Å². The van der Waals surface area contributed by atoms with Crippen molar-refractivity contribution < 1.29 is 19.1 Å². The molecule has 0 unspecified atom stereocenters. The number of carbonyl (C=O) groups excluding carboxylic acids is 1. The smallest absolute Gasteiger partial charge is 0.339 e. The average Bonchev–Trinajstić information content (AvgIpc) is 2.89. The van der Waals surface area contributed by atoms with E-state index < -0.39 is 11.9 Å². The Morgan fingerprint density at radius 3 is 2.71 bits per heavy atom. The SMILES string of the molecule is CNC(=O)c1cc(C(=O)O)c(C=Cc2cccc(C)n2)o1. The van der Waals surface area contributed by atoms with Gasteiger partial charge >= 0.3 is 5.97 Å². The molecule has 2 rings (SSSR count). The summed E-state index contributed by atoms with van der Waals surface area (Å²) in [6.07, 6.45) is 3.11. The molecule has 0 saturated carbocycles. The molecule has 0 aliphatic carbocycles. The minimum absolute atomic E-state index is 0.0493. The molecule has 21 heavy (non-hydrogen) atoms. The molecule has 2 aromatic heterocycles. The van der Waals surface area contributed by atoms with Gasteiger partial charge in [-0.05, 0) is 31.2 Å². The van der Waals surface area contributed by atoms with Crippen molar-refractivity contribution in [2.75, 3.05) is 7.05 Å². The number of amides is 1. The first-order chi connectivity index (χ1) is 10.0. The number of carboxylic acids is 1. The number of hydrogen-bond donors (Lipinski definition) is 2. The Hall–Kier alpha value is -2.89. The van der Waals surface area contributed by atoms with E-state index in [4.69, 9.17) is 9.52 Å². The van der Waals surface area contributed by atoms with E-state index in [0.717, 1.165) is 5.69 Å². The minimum atomic E-state index is -1.16. The number of carbonyl (C=O) groups is 2. The van der Waals surface area contributed by atoms with E-state index in [1.807, 2.05) is 19.1 Å². The maximum atomic E-state index is 11.5. The van der Waals surface area contributed by atoms with Crippen LogP contribution in [0, 0.1) is 6.92 Å². The molecule has 0 atom stereocenters. The van der Waals surface area contributed by atoms with Gasteiger partial charge in [-0.3, -0.25) is 9.78 Å². The Labute approximate surface area is 121 Å². The molecule has 0 saturated heterocycles. The van der Waals surface area contributed by atoms with Crippen molar-refractivity contribution >= 4 is 24.0 Å². The topological polar surface area (TPSA) is 92.4 Å². The Morgan fingerprint density at radius 2 is 2.10 bits per heavy atom. The van der Waals surface area contributed by atoms with Crippen molar-refractivity contribution in [3.05, 3.63) is 52.7 Å². The van der Waals surface area contributed by atoms with Crippen molar-refractivity contribution in [3.8, 4) is 0 Å². The maximum absolute atomic E-state index is 11.5. The molecule has 0 aromatic carbocycles. The number of aromatic nitrogens is 1. The molecule has 2 N–H and O–H groups in total. The van der Waals surface area contributed by atoms with E-state index in [0.29, 0.717) is 5.69 Å². The van der Waals surface area contributed by atoms with Gasteiger partial charge < -0.3 is 14.8 Å². The molecule has 2 heterocycles. The number of pyridine rings is 1. The lowest BCUT2D eigenvalue weighted by atomic mass is 10.2. The van der Waals surface area contributed by atoms with Crippen LogP contribution in [0.3, 0.4) is 0 Å². The fourth-order valence-electron chi connectivity index (χ4n) is 1.75. The van der Waals surface area contributed by atoms with E-state index in [-0.39, 0.29) is 17.1 Å². The summed E-state index contributed by atoms with van der Waals surface area (Å²) < 4.78 is 5.27. The van der Waals surface area contributed by atoms with Crippen molar-refractivity contribution in [3.63, 3.8) is 0 Å². The average molecular weight is 286 g/mol. The summed E-state index contributed by atoms with van der Waals surface area (Å²) in [5.74, 6) is -1.59. The van der Waals surface area contributed by atoms with Crippen LogP contribution in [0.2, 0.25) is 0 Å². The zero-order valence-corrected chi connectivity index (χ0v) is 11.6. The summed E-state index contributed by atoms with van der Waals surface area (Å²) in [6, 6.07) is 6.69. The molecule has 6 nitrogen and oxygen atoms in total. The second-order valence-electron chi connectivity index (χ2n) is 4.31. The lowest BCUT2D eigenvalue weighted by molar-refractivity contribution is 0.0695. The van der Waals surface area contributed by atoms with Crippen LogP contribution >= 0.6 is 0 Å². The van der Waals surface area contributed by atoms with Crippen molar-refractivity contribution in [1.82, 2.24) is 10.3 Å². The number of furan rings is 1. The van der Waals surface area contributed by atoms with E-state index in [1.54, 1.807) is 12.1 Å². The summed E-state index contributed by atoms with van der Waals surface area (Å²) >= 11 is 0. The molecular formula is C15H14N2O4. The van der Waals surface area contributed by atoms with Crippen LogP contribution in [-0.4, -0.2) is 29.0 Å². The molecular weight excluding hydrogens is 272 g/mol. The zero-order valence-electron chi connectivity index (χ0n) is 11.6. The third-order valence-corrected chi connectivity index (χ3v) is 2.76. The van der Waals surface area contributed by atoms with Crippen LogP contribution in [-0.2, 0) is 0 Å². The highest BCUT2D eigenvalue weighted by Crippen LogP contribution is 2.18. The first-order valence-corrected chi connectivity index (χ1v) is 6.22. The maximum Gasteiger partial charge on any atom is 0.339 e. The summed E-state index contributed by atoms with van der Waals surface area (Å²) in [6.45, 7) is 1.86. The van der Waals surface area contributed by atoms with Crippen molar-refractivity contribution in [2.24, 2.45) is 0 Å². The van der Waals surface area contributed by atoms with Gasteiger partial charge in [-0.15, -0.1) is 0 Å². The Bertz CT molecular complexity index is 716. The third kappa shape index (κ3) is 3.36. The molecule has 0 aliphatic heterocycles. The Kier molecular flexibility index (Phi) is 4.18. The molecule has 6 heteroatoms. The molecule has 108 valence electrons. The van der Waals surface area contributed by atoms with E-state index in [2.05, 4.69) is 10.3 Å². The van der Waals surface area contributed by atoms with E-state index in [9.17, 15) is 9.59 Å². The van der Waals surface area contributed by atoms with Crippen LogP contribution in [0.15, 0.2) is 28.7 Å². The number of rotatable bonds is 4. The number of carboxylic acid groups (broad SMARTS) is 1. The highest BCUT2D eigenvalue weighted by Gasteiger charge is 2.18. The molecule has 2 aromatic rings. The predicted octanol–water partition coefficient (Wildman–Crippen LogP) is 2.21. The van der Waals surface area contributed by atoms with Crippen LogP contribution in [0.1, 0.15) is 38.1 Å². The fourth-order valence-corrected chi connectivity index (χ4v) is 1.75. The zero-order chi connectivity index (χ0) is 15.4. The predicted molar refractivity (Wildman–Crippen MR) is 77.0 cm³/mol. The van der Waals surface area contributed by atoms with Gasteiger partial charge in [-0.2, -0.15) is 0 Å². The third-order valence-electron chi connectivity index (χ3n) is 2.76. The lowest BCUT2D eigenvalue weighted by Gasteiger charge is -1.95. The van der Waals surface area contributed by atoms with Crippen LogP contribution in [0.4, 0.5) is 0 Å². The first-order valence-electron chi connectivity index (χ1n) is 6.22. The molecule has 0 fully saturated rings. The molecule has 0 aliphatic rings. The van der Waals surface area contributed by atoms with Crippen LogP contribution in [0.25, 0.3) is 12.2 Å². The van der Waals surface area contributed by atoms with Gasteiger partial charge in [0.1, 0.15) is 11.3 Å². The summed E-state index contributed by atoms with van der Waals surface area (Å²) in [5, 5.41) is 11.5. The van der Waals surface area contributed by atoms with Crippen molar-refractivity contribution in [2.45, 2.75) is 6.92 Å².